The number of carbonyl (C=O) groups excluding carboxylic acids is 1. The van der Waals surface area contributed by atoms with Crippen molar-refractivity contribution in [2.75, 3.05) is 31.3 Å². The minimum Gasteiger partial charge on any atom is -0.488 e. The summed E-state index contributed by atoms with van der Waals surface area (Å²) in [5.74, 6) is -2.42. The number of hydrogen-bond acceptors (Lipinski definition) is 5. The first-order valence-electron chi connectivity index (χ1n) is 9.93. The zero-order chi connectivity index (χ0) is 27.9. The quantitative estimate of drug-likeness (QED) is 0.416. The summed E-state index contributed by atoms with van der Waals surface area (Å²) in [6.07, 6.45) is -13.3. The van der Waals surface area contributed by atoms with Crippen molar-refractivity contribution in [2.45, 2.75) is 25.1 Å². The van der Waals surface area contributed by atoms with Crippen molar-refractivity contribution in [1.29, 1.82) is 0 Å². The van der Waals surface area contributed by atoms with Crippen LogP contribution in [0.15, 0.2) is 53.1 Å². The van der Waals surface area contributed by atoms with Crippen molar-refractivity contribution in [2.24, 2.45) is 4.99 Å². The number of urea groups is 1. The fourth-order valence-electron chi connectivity index (χ4n) is 2.62. The molecule has 0 aliphatic carbocycles. The van der Waals surface area contributed by atoms with E-state index in [9.17, 15) is 48.7 Å². The van der Waals surface area contributed by atoms with Gasteiger partial charge in [0.2, 0.25) is 5.88 Å². The summed E-state index contributed by atoms with van der Waals surface area (Å²) in [4.78, 5) is 17.1. The van der Waals surface area contributed by atoms with Gasteiger partial charge in [-0.1, -0.05) is 0 Å². The van der Waals surface area contributed by atoms with Gasteiger partial charge in [-0.15, -0.1) is 13.2 Å². The van der Waals surface area contributed by atoms with Crippen molar-refractivity contribution in [1.82, 2.24) is 5.32 Å². The second-order valence-electron chi connectivity index (χ2n) is 6.97. The number of anilines is 1. The van der Waals surface area contributed by atoms with Gasteiger partial charge in [0.1, 0.15) is 24.0 Å². The first kappa shape index (κ1) is 29.6. The van der Waals surface area contributed by atoms with E-state index in [0.717, 1.165) is 36.4 Å². The van der Waals surface area contributed by atoms with E-state index in [0.29, 0.717) is 4.90 Å². The van der Waals surface area contributed by atoms with Crippen LogP contribution in [-0.2, 0) is 9.47 Å². The molecule has 0 aromatic heterocycles. The van der Waals surface area contributed by atoms with Crippen LogP contribution in [0.1, 0.15) is 6.42 Å². The normalized spacial score (nSPS) is 14.6. The Kier molecular flexibility index (Phi) is 9.63. The van der Waals surface area contributed by atoms with Gasteiger partial charge in [0.05, 0.1) is 6.54 Å². The van der Waals surface area contributed by atoms with E-state index in [1.54, 1.807) is 0 Å². The summed E-state index contributed by atoms with van der Waals surface area (Å²) >= 11 is 0. The van der Waals surface area contributed by atoms with Crippen molar-refractivity contribution in [3.05, 3.63) is 48.1 Å². The van der Waals surface area contributed by atoms with Gasteiger partial charge >= 0.3 is 24.7 Å². The zero-order valence-electron chi connectivity index (χ0n) is 18.3. The van der Waals surface area contributed by atoms with Crippen LogP contribution in [0.4, 0.5) is 54.4 Å². The first-order valence-corrected chi connectivity index (χ1v) is 9.93. The molecule has 7 nitrogen and oxygen atoms in total. The molecule has 2 rings (SSSR count). The van der Waals surface area contributed by atoms with Crippen molar-refractivity contribution >= 4 is 17.6 Å². The molecule has 0 spiro atoms. The molecule has 0 saturated heterocycles. The summed E-state index contributed by atoms with van der Waals surface area (Å²) in [7, 11) is 0. The summed E-state index contributed by atoms with van der Waals surface area (Å²) in [6.45, 7) is -5.32. The highest BCUT2D eigenvalue weighted by Crippen LogP contribution is 2.26. The second-order valence-corrected chi connectivity index (χ2v) is 6.97. The van der Waals surface area contributed by atoms with Crippen LogP contribution in [0, 0.1) is 0 Å². The molecule has 0 radical (unpaired) electrons. The molecule has 17 heteroatoms. The number of ether oxygens (including phenoxy) is 3. The monoisotopic (exact) mass is 553 g/mol. The van der Waals surface area contributed by atoms with Gasteiger partial charge in [-0.3, -0.25) is 10.2 Å². The fraction of sp³-hybridized carbons (Fsp3) is 0.400. The van der Waals surface area contributed by atoms with Crippen LogP contribution in [0.2, 0.25) is 0 Å². The molecule has 1 N–H and O–H groups in total. The molecule has 0 unspecified atom stereocenters. The van der Waals surface area contributed by atoms with Gasteiger partial charge in [0, 0.05) is 18.2 Å². The van der Waals surface area contributed by atoms with Gasteiger partial charge in [-0.05, 0) is 30.3 Å². The molecular formula is C20H17F10N3O4. The molecule has 0 fully saturated rings. The third-order valence-corrected chi connectivity index (χ3v) is 3.98. The fourth-order valence-corrected chi connectivity index (χ4v) is 2.62. The highest BCUT2D eigenvalue weighted by atomic mass is 19.4. The lowest BCUT2D eigenvalue weighted by Gasteiger charge is -2.22. The number of aliphatic imine (C=N–C) groups is 1. The first-order chi connectivity index (χ1) is 17.0. The summed E-state index contributed by atoms with van der Waals surface area (Å²) < 4.78 is 138. The van der Waals surface area contributed by atoms with E-state index in [1.807, 2.05) is 0 Å². The Labute approximate surface area is 202 Å². The van der Waals surface area contributed by atoms with Crippen LogP contribution in [-0.4, -0.2) is 57.0 Å². The highest BCUT2D eigenvalue weighted by Gasteiger charge is 2.32. The minimum absolute atomic E-state index is 0.125. The van der Waals surface area contributed by atoms with Crippen molar-refractivity contribution < 1.29 is 62.9 Å². The number of hydrogen-bond donors (Lipinski definition) is 1. The Morgan fingerprint density at radius 3 is 2.08 bits per heavy atom. The van der Waals surface area contributed by atoms with Crippen LogP contribution in [0.25, 0.3) is 0 Å². The molecule has 1 aromatic carbocycles. The largest absolute Gasteiger partial charge is 0.573 e. The minimum atomic E-state index is -4.99. The molecule has 0 bridgehead atoms. The smallest absolute Gasteiger partial charge is 0.488 e. The van der Waals surface area contributed by atoms with E-state index >= 15 is 0 Å². The van der Waals surface area contributed by atoms with Gasteiger partial charge in [0.15, 0.2) is 13.2 Å². The number of amidine groups is 1. The predicted octanol–water partition coefficient (Wildman–Crippen LogP) is 5.76. The molecule has 206 valence electrons. The number of halogens is 10. The predicted molar refractivity (Wildman–Crippen MR) is 107 cm³/mol. The number of rotatable bonds is 8. The Morgan fingerprint density at radius 2 is 1.54 bits per heavy atom. The summed E-state index contributed by atoms with van der Waals surface area (Å²) in [5.41, 5.74) is -0.125. The molecular weight excluding hydrogens is 536 g/mol. The molecule has 2 amide bonds. The van der Waals surface area contributed by atoms with Crippen LogP contribution in [0.3, 0.4) is 0 Å². The number of carbonyl (C=O) groups is 1. The third-order valence-electron chi connectivity index (χ3n) is 3.98. The number of benzene rings is 1. The standard InChI is InChI=1S/C20H17F10N3O4/c21-7-8-33(12-1-3-13(4-2-12)37-20(28,29)30)17(34)32-15-9-14(35-10-18(22,23)24)5-6-16(31-15)36-11-19(25,26)27/h1-4,6,9H,5,7-8,10-11H2,(H,31,32,34). The second kappa shape index (κ2) is 12.1. The molecule has 0 atom stereocenters. The van der Waals surface area contributed by atoms with E-state index in [4.69, 9.17) is 0 Å². The summed E-state index contributed by atoms with van der Waals surface area (Å²) in [6, 6.07) is 2.45. The van der Waals surface area contributed by atoms with E-state index in [-0.39, 0.29) is 5.69 Å². The zero-order valence-corrected chi connectivity index (χ0v) is 18.3. The molecule has 0 saturated carbocycles. The Morgan fingerprint density at radius 1 is 0.946 bits per heavy atom. The lowest BCUT2D eigenvalue weighted by molar-refractivity contribution is -0.274. The number of nitrogens with zero attached hydrogens (tertiary/aromatic N) is 2. The Balaban J connectivity index is 2.27. The lowest BCUT2D eigenvalue weighted by atomic mass is 10.2. The maximum absolute atomic E-state index is 13.1. The third kappa shape index (κ3) is 11.3. The molecule has 1 aliphatic rings. The van der Waals surface area contributed by atoms with Crippen molar-refractivity contribution in [3.8, 4) is 5.75 Å². The topological polar surface area (TPSA) is 72.4 Å². The van der Waals surface area contributed by atoms with Gasteiger partial charge in [-0.2, -0.15) is 31.3 Å². The summed E-state index contributed by atoms with van der Waals surface area (Å²) in [5, 5.41) is 2.07. The van der Waals surface area contributed by atoms with Crippen molar-refractivity contribution in [3.63, 3.8) is 0 Å². The van der Waals surface area contributed by atoms with E-state index < -0.39 is 80.8 Å². The molecule has 1 aliphatic heterocycles. The van der Waals surface area contributed by atoms with Crippen LogP contribution >= 0.6 is 0 Å². The average molecular weight is 553 g/mol. The molecule has 37 heavy (non-hydrogen) atoms. The SMILES string of the molecule is O=C(NC1=NC(OCC(F)(F)F)=CCC(OCC(F)(F)F)=C1)N(CCF)c1ccc(OC(F)(F)F)cc1. The number of allylic oxidation sites excluding steroid dienone is 1. The Bertz CT molecular complexity index is 1020. The number of amides is 2. The molecule has 1 heterocycles. The van der Waals surface area contributed by atoms with Crippen LogP contribution in [0.5, 0.6) is 5.75 Å². The Hall–Kier alpha value is -3.66. The average Bonchev–Trinajstić information content (AvgIpc) is 2.95. The van der Waals surface area contributed by atoms with E-state index in [2.05, 4.69) is 24.5 Å². The van der Waals surface area contributed by atoms with Gasteiger partial charge in [-0.25, -0.2) is 9.18 Å². The highest BCUT2D eigenvalue weighted by molar-refractivity contribution is 6.09. The van der Waals surface area contributed by atoms with Gasteiger partial charge in [0.25, 0.3) is 0 Å². The van der Waals surface area contributed by atoms with Gasteiger partial charge < -0.3 is 14.2 Å². The number of nitrogens with one attached hydrogen (secondary N) is 1. The van der Waals surface area contributed by atoms with E-state index in [1.165, 1.54) is 0 Å². The lowest BCUT2D eigenvalue weighted by Crippen LogP contribution is -2.43. The van der Waals surface area contributed by atoms with Crippen LogP contribution < -0.4 is 15.0 Å². The maximum atomic E-state index is 13.1. The molecule has 1 aromatic rings. The number of alkyl halides is 10. The maximum Gasteiger partial charge on any atom is 0.573 e.